The molecule has 0 atom stereocenters. The van der Waals surface area contributed by atoms with Gasteiger partial charge in [0.25, 0.3) is 0 Å². The highest BCUT2D eigenvalue weighted by Crippen LogP contribution is 2.37. The summed E-state index contributed by atoms with van der Waals surface area (Å²) in [6, 6.07) is 1.89. The molecule has 2 aromatic rings. The average Bonchev–Trinajstić information content (AvgIpc) is 2.57. The second-order valence-electron chi connectivity index (χ2n) is 2.50. The summed E-state index contributed by atoms with van der Waals surface area (Å²) < 4.78 is 5.86. The monoisotopic (exact) mass is 295 g/mol. The standard InChI is InChI=1S/C7H4BrCl2N3O/c8-2-1-3-6(5(10)4(2)9)14-7(12-3)13-11/h1H,11H2,(H,12,13). The van der Waals surface area contributed by atoms with Crippen LogP contribution in [0.1, 0.15) is 0 Å². The molecule has 74 valence electrons. The highest BCUT2D eigenvalue weighted by molar-refractivity contribution is 9.10. The lowest BCUT2D eigenvalue weighted by molar-refractivity contribution is 0.617. The summed E-state index contributed by atoms with van der Waals surface area (Å²) in [4.78, 5) is 4.02. The number of benzene rings is 1. The maximum Gasteiger partial charge on any atom is 0.310 e. The van der Waals surface area contributed by atoms with Crippen molar-refractivity contribution in [1.29, 1.82) is 0 Å². The number of nitrogens with one attached hydrogen (secondary N) is 1. The number of oxazole rings is 1. The number of aromatic nitrogens is 1. The number of nitrogens with two attached hydrogens (primary N) is 1. The second-order valence-corrected chi connectivity index (χ2v) is 4.11. The van der Waals surface area contributed by atoms with Crippen molar-refractivity contribution in [3.63, 3.8) is 0 Å². The van der Waals surface area contributed by atoms with E-state index in [9.17, 15) is 0 Å². The van der Waals surface area contributed by atoms with Crippen molar-refractivity contribution in [3.05, 3.63) is 20.6 Å². The molecule has 0 spiro atoms. The van der Waals surface area contributed by atoms with Gasteiger partial charge in [-0.25, -0.2) is 5.84 Å². The van der Waals surface area contributed by atoms with E-state index < -0.39 is 0 Å². The van der Waals surface area contributed by atoms with Crippen molar-refractivity contribution in [2.24, 2.45) is 5.84 Å². The first-order valence-corrected chi connectivity index (χ1v) is 5.09. The molecule has 1 aromatic carbocycles. The van der Waals surface area contributed by atoms with Gasteiger partial charge in [0.15, 0.2) is 5.58 Å². The van der Waals surface area contributed by atoms with E-state index in [0.29, 0.717) is 25.6 Å². The Kier molecular flexibility index (Phi) is 2.57. The summed E-state index contributed by atoms with van der Waals surface area (Å²) in [7, 11) is 0. The number of nitrogens with zero attached hydrogens (tertiary/aromatic N) is 1. The molecule has 0 radical (unpaired) electrons. The molecule has 0 amide bonds. The molecule has 0 saturated heterocycles. The minimum Gasteiger partial charge on any atom is -0.421 e. The lowest BCUT2D eigenvalue weighted by Crippen LogP contribution is -2.06. The maximum atomic E-state index is 5.94. The first-order valence-electron chi connectivity index (χ1n) is 3.54. The smallest absolute Gasteiger partial charge is 0.310 e. The van der Waals surface area contributed by atoms with Gasteiger partial charge in [-0.15, -0.1) is 0 Å². The molecule has 4 nitrogen and oxygen atoms in total. The van der Waals surface area contributed by atoms with Crippen molar-refractivity contribution in [2.45, 2.75) is 0 Å². The third kappa shape index (κ3) is 1.46. The van der Waals surface area contributed by atoms with Crippen LogP contribution in [0.2, 0.25) is 10.0 Å². The molecule has 0 saturated carbocycles. The molecule has 0 aliphatic heterocycles. The van der Waals surface area contributed by atoms with Crippen LogP contribution in [0, 0.1) is 0 Å². The number of hydrogen-bond acceptors (Lipinski definition) is 4. The van der Waals surface area contributed by atoms with Gasteiger partial charge in [-0.3, -0.25) is 5.43 Å². The topological polar surface area (TPSA) is 64.1 Å². The number of hydrogen-bond donors (Lipinski definition) is 2. The van der Waals surface area contributed by atoms with Crippen molar-refractivity contribution in [3.8, 4) is 0 Å². The Labute approximate surface area is 97.5 Å². The third-order valence-electron chi connectivity index (χ3n) is 1.64. The number of anilines is 1. The third-order valence-corrected chi connectivity index (χ3v) is 3.35. The fourth-order valence-electron chi connectivity index (χ4n) is 1.04. The average molecular weight is 297 g/mol. The Bertz CT molecular complexity index is 499. The Balaban J connectivity index is 2.81. The van der Waals surface area contributed by atoms with Gasteiger partial charge in [0.2, 0.25) is 0 Å². The summed E-state index contributed by atoms with van der Waals surface area (Å²) in [5, 5.41) is 0.698. The van der Waals surface area contributed by atoms with E-state index in [1.807, 2.05) is 0 Å². The van der Waals surface area contributed by atoms with Crippen LogP contribution in [0.25, 0.3) is 11.1 Å². The molecule has 14 heavy (non-hydrogen) atoms. The van der Waals surface area contributed by atoms with E-state index in [0.717, 1.165) is 0 Å². The maximum absolute atomic E-state index is 5.94. The molecule has 2 rings (SSSR count). The van der Waals surface area contributed by atoms with Gasteiger partial charge in [0, 0.05) is 4.47 Å². The van der Waals surface area contributed by atoms with Crippen molar-refractivity contribution in [2.75, 3.05) is 5.43 Å². The van der Waals surface area contributed by atoms with E-state index >= 15 is 0 Å². The van der Waals surface area contributed by atoms with E-state index in [2.05, 4.69) is 26.3 Å². The van der Waals surface area contributed by atoms with Crippen LogP contribution in [0.3, 0.4) is 0 Å². The van der Waals surface area contributed by atoms with Crippen LogP contribution in [0.5, 0.6) is 0 Å². The molecular weight excluding hydrogens is 293 g/mol. The van der Waals surface area contributed by atoms with Crippen molar-refractivity contribution >= 4 is 56.2 Å². The molecule has 0 fully saturated rings. The molecule has 0 bridgehead atoms. The summed E-state index contributed by atoms with van der Waals surface area (Å²) in [6.45, 7) is 0. The van der Waals surface area contributed by atoms with Gasteiger partial charge < -0.3 is 4.42 Å². The molecule has 0 aliphatic carbocycles. The molecule has 7 heteroatoms. The molecular formula is C7H4BrCl2N3O. The summed E-state index contributed by atoms with van der Waals surface area (Å²) in [5.41, 5.74) is 3.28. The predicted molar refractivity (Wildman–Crippen MR) is 59.5 cm³/mol. The largest absolute Gasteiger partial charge is 0.421 e. The Hall–Kier alpha value is -0.490. The zero-order chi connectivity index (χ0) is 10.3. The molecule has 0 aliphatic rings. The lowest BCUT2D eigenvalue weighted by atomic mass is 10.3. The first kappa shape index (κ1) is 10.0. The normalized spacial score (nSPS) is 10.9. The van der Waals surface area contributed by atoms with E-state index in [1.54, 1.807) is 6.07 Å². The predicted octanol–water partition coefficient (Wildman–Crippen LogP) is 3.18. The van der Waals surface area contributed by atoms with Crippen LogP contribution >= 0.6 is 39.1 Å². The first-order chi connectivity index (χ1) is 6.63. The van der Waals surface area contributed by atoms with Crippen LogP contribution in [0.4, 0.5) is 6.01 Å². The zero-order valence-electron chi connectivity index (χ0n) is 6.64. The zero-order valence-corrected chi connectivity index (χ0v) is 9.74. The van der Waals surface area contributed by atoms with Gasteiger partial charge in [-0.2, -0.15) is 4.98 Å². The van der Waals surface area contributed by atoms with Crippen LogP contribution in [0.15, 0.2) is 15.0 Å². The molecule has 1 aromatic heterocycles. The van der Waals surface area contributed by atoms with E-state index in [-0.39, 0.29) is 6.01 Å². The SMILES string of the molecule is NNc1nc2cc(Br)c(Cl)c(Cl)c2o1. The Morgan fingerprint density at radius 2 is 2.14 bits per heavy atom. The Morgan fingerprint density at radius 1 is 1.43 bits per heavy atom. The molecule has 0 unspecified atom stereocenters. The van der Waals surface area contributed by atoms with Gasteiger partial charge >= 0.3 is 6.01 Å². The van der Waals surface area contributed by atoms with Crippen molar-refractivity contribution < 1.29 is 4.42 Å². The van der Waals surface area contributed by atoms with E-state index in [1.165, 1.54) is 0 Å². The Morgan fingerprint density at radius 3 is 2.79 bits per heavy atom. The fraction of sp³-hybridized carbons (Fsp3) is 0. The quantitative estimate of drug-likeness (QED) is 0.482. The number of fused-ring (bicyclic) bond motifs is 1. The number of halogens is 3. The van der Waals surface area contributed by atoms with Crippen LogP contribution in [-0.2, 0) is 0 Å². The molecule has 1 heterocycles. The summed E-state index contributed by atoms with van der Waals surface area (Å²) in [6.07, 6.45) is 0. The van der Waals surface area contributed by atoms with Gasteiger partial charge in [0.1, 0.15) is 10.5 Å². The number of nitrogen functional groups attached to an aromatic ring is 1. The highest BCUT2D eigenvalue weighted by atomic mass is 79.9. The second kappa shape index (κ2) is 3.58. The highest BCUT2D eigenvalue weighted by Gasteiger charge is 2.14. The minimum atomic E-state index is 0.191. The fourth-order valence-corrected chi connectivity index (χ4v) is 1.94. The van der Waals surface area contributed by atoms with Gasteiger partial charge in [-0.05, 0) is 22.0 Å². The minimum absolute atomic E-state index is 0.191. The van der Waals surface area contributed by atoms with Gasteiger partial charge in [0.05, 0.1) is 5.02 Å². The van der Waals surface area contributed by atoms with E-state index in [4.69, 9.17) is 33.5 Å². The summed E-state index contributed by atoms with van der Waals surface area (Å²) in [5.74, 6) is 5.15. The number of hydrazine groups is 1. The molecule has 3 N–H and O–H groups in total. The summed E-state index contributed by atoms with van der Waals surface area (Å²) >= 11 is 15.1. The van der Waals surface area contributed by atoms with Crippen LogP contribution < -0.4 is 11.3 Å². The van der Waals surface area contributed by atoms with Gasteiger partial charge in [-0.1, -0.05) is 23.2 Å². The lowest BCUT2D eigenvalue weighted by Gasteiger charge is -1.97. The number of rotatable bonds is 1. The van der Waals surface area contributed by atoms with Crippen LogP contribution in [-0.4, -0.2) is 4.98 Å². The van der Waals surface area contributed by atoms with Crippen molar-refractivity contribution in [1.82, 2.24) is 4.98 Å².